The van der Waals surface area contributed by atoms with Gasteiger partial charge in [0.15, 0.2) is 5.69 Å². The van der Waals surface area contributed by atoms with Crippen molar-refractivity contribution in [3.63, 3.8) is 0 Å². The van der Waals surface area contributed by atoms with Gasteiger partial charge >= 0.3 is 0 Å². The van der Waals surface area contributed by atoms with Crippen LogP contribution in [-0.4, -0.2) is 23.4 Å². The summed E-state index contributed by atoms with van der Waals surface area (Å²) in [5.41, 5.74) is 3.72. The number of hydrogen-bond donors (Lipinski definition) is 0. The van der Waals surface area contributed by atoms with Gasteiger partial charge in [0.2, 0.25) is 0 Å². The molecule has 5 nitrogen and oxygen atoms in total. The van der Waals surface area contributed by atoms with Crippen molar-refractivity contribution in [2.45, 2.75) is 52.8 Å². The van der Waals surface area contributed by atoms with E-state index in [0.717, 1.165) is 46.5 Å². The average Bonchev–Trinajstić information content (AvgIpc) is 3.01. The summed E-state index contributed by atoms with van der Waals surface area (Å²) in [6.45, 7) is 10.6. The number of aromatic nitrogens is 2. The quantitative estimate of drug-likeness (QED) is 0.321. The molecule has 0 spiro atoms. The molecule has 1 aromatic heterocycles. The van der Waals surface area contributed by atoms with Crippen molar-refractivity contribution in [3.8, 4) is 11.4 Å². The van der Waals surface area contributed by atoms with E-state index in [0.29, 0.717) is 5.69 Å². The predicted molar refractivity (Wildman–Crippen MR) is 132 cm³/mol. The minimum Gasteiger partial charge on any atom is -0.543 e. The summed E-state index contributed by atoms with van der Waals surface area (Å²) in [4.78, 5) is 18.0. The fourth-order valence-corrected chi connectivity index (χ4v) is 6.54. The fraction of sp³-hybridized carbons (Fsp3) is 0.360. The Balaban J connectivity index is 2.07. The zero-order valence-electron chi connectivity index (χ0n) is 19.5. The topological polar surface area (TPSA) is 48.5 Å². The lowest BCUT2D eigenvalue weighted by molar-refractivity contribution is 0.531. The number of hydrogen-bond acceptors (Lipinski definition) is 3. The number of aliphatic imine (C=N–C) groups is 1. The average molecular weight is 436 g/mol. The third-order valence-electron chi connectivity index (χ3n) is 6.34. The second-order valence-corrected chi connectivity index (χ2v) is 12.6. The van der Waals surface area contributed by atoms with E-state index in [2.05, 4.69) is 20.8 Å². The van der Waals surface area contributed by atoms with Crippen molar-refractivity contribution < 1.29 is 4.43 Å². The highest BCUT2D eigenvalue weighted by molar-refractivity contribution is 6.74. The Morgan fingerprint density at radius 1 is 0.968 bits per heavy atom. The van der Waals surface area contributed by atoms with Crippen LogP contribution in [0, 0.1) is 6.92 Å². The summed E-state index contributed by atoms with van der Waals surface area (Å²) in [6.07, 6.45) is 0. The third kappa shape index (κ3) is 4.44. The molecule has 0 aliphatic rings. The van der Waals surface area contributed by atoms with E-state index < -0.39 is 8.32 Å². The maximum Gasteiger partial charge on any atom is 0.297 e. The van der Waals surface area contributed by atoms with Gasteiger partial charge in [-0.15, -0.1) is 0 Å². The highest BCUT2D eigenvalue weighted by Gasteiger charge is 2.31. The SMILES string of the molecule is CC[Si](CC)(CC)Oc1ccccc1C(C)=Nc1c(C)n(C)n(-c2ccccc2)c1=O. The molecule has 0 atom stereocenters. The lowest BCUT2D eigenvalue weighted by atomic mass is 10.1. The van der Waals surface area contributed by atoms with Gasteiger partial charge in [-0.25, -0.2) is 9.67 Å². The maximum absolute atomic E-state index is 13.2. The molecular weight excluding hydrogens is 402 g/mol. The molecule has 6 heteroatoms. The zero-order chi connectivity index (χ0) is 22.6. The molecule has 0 saturated carbocycles. The maximum atomic E-state index is 13.2. The summed E-state index contributed by atoms with van der Waals surface area (Å²) in [5, 5.41) is 0. The van der Waals surface area contributed by atoms with Gasteiger partial charge in [-0.1, -0.05) is 51.1 Å². The number of nitrogens with zero attached hydrogens (tertiary/aromatic N) is 3. The number of para-hydroxylation sites is 2. The first-order valence-electron chi connectivity index (χ1n) is 11.0. The Kier molecular flexibility index (Phi) is 7.00. The number of benzene rings is 2. The van der Waals surface area contributed by atoms with Crippen molar-refractivity contribution in [1.29, 1.82) is 0 Å². The van der Waals surface area contributed by atoms with Crippen LogP contribution in [0.3, 0.4) is 0 Å². The van der Waals surface area contributed by atoms with Crippen molar-refractivity contribution in [3.05, 3.63) is 76.2 Å². The summed E-state index contributed by atoms with van der Waals surface area (Å²) >= 11 is 0. The smallest absolute Gasteiger partial charge is 0.297 e. The first kappa shape index (κ1) is 22.8. The van der Waals surface area contributed by atoms with E-state index in [1.54, 1.807) is 4.68 Å². The van der Waals surface area contributed by atoms with Crippen LogP contribution in [0.4, 0.5) is 5.69 Å². The van der Waals surface area contributed by atoms with Crippen LogP contribution < -0.4 is 9.99 Å². The van der Waals surface area contributed by atoms with E-state index >= 15 is 0 Å². The molecule has 1 heterocycles. The van der Waals surface area contributed by atoms with Crippen LogP contribution in [0.5, 0.6) is 5.75 Å². The highest BCUT2D eigenvalue weighted by atomic mass is 28.4. The van der Waals surface area contributed by atoms with E-state index in [1.807, 2.05) is 80.2 Å². The molecule has 0 bridgehead atoms. The minimum absolute atomic E-state index is 0.122. The van der Waals surface area contributed by atoms with Crippen LogP contribution in [0.25, 0.3) is 5.69 Å². The number of rotatable bonds is 8. The summed E-state index contributed by atoms with van der Waals surface area (Å²) in [7, 11) is 0.0645. The molecule has 3 aromatic rings. The molecule has 0 saturated heterocycles. The van der Waals surface area contributed by atoms with Crippen molar-refractivity contribution in [2.75, 3.05) is 0 Å². The Morgan fingerprint density at radius 3 is 2.16 bits per heavy atom. The van der Waals surface area contributed by atoms with Gasteiger partial charge in [-0.05, 0) is 56.2 Å². The first-order chi connectivity index (χ1) is 14.9. The van der Waals surface area contributed by atoms with Crippen LogP contribution in [0.1, 0.15) is 39.0 Å². The Bertz CT molecular complexity index is 1120. The van der Waals surface area contributed by atoms with Crippen LogP contribution in [-0.2, 0) is 7.05 Å². The van der Waals surface area contributed by atoms with Gasteiger partial charge < -0.3 is 4.43 Å². The standard InChI is InChI=1S/C25H33N3O2Si/c1-7-31(8-2,9-3)30-23-18-14-13-17-22(23)19(4)26-24-20(5)27(6)28(25(24)29)21-15-11-10-12-16-21/h10-18H,7-9H2,1-6H3. The molecule has 0 aliphatic heterocycles. The van der Waals surface area contributed by atoms with Crippen molar-refractivity contribution in [2.24, 2.45) is 12.0 Å². The molecule has 0 fully saturated rings. The van der Waals surface area contributed by atoms with E-state index in [1.165, 1.54) is 0 Å². The van der Waals surface area contributed by atoms with Crippen molar-refractivity contribution >= 4 is 19.7 Å². The predicted octanol–water partition coefficient (Wildman–Crippen LogP) is 6.01. The molecule has 0 unspecified atom stereocenters. The molecule has 164 valence electrons. The highest BCUT2D eigenvalue weighted by Crippen LogP contribution is 2.29. The largest absolute Gasteiger partial charge is 0.543 e. The van der Waals surface area contributed by atoms with Gasteiger partial charge in [0.25, 0.3) is 13.9 Å². The summed E-state index contributed by atoms with van der Waals surface area (Å²) < 4.78 is 10.2. The lowest BCUT2D eigenvalue weighted by Gasteiger charge is -2.30. The minimum atomic E-state index is -1.82. The molecule has 2 aromatic carbocycles. The Hall–Kier alpha value is -2.86. The molecule has 3 rings (SSSR count). The summed E-state index contributed by atoms with van der Waals surface area (Å²) in [5.74, 6) is 0.873. The van der Waals surface area contributed by atoms with Crippen LogP contribution in [0.2, 0.25) is 18.1 Å². The third-order valence-corrected chi connectivity index (χ3v) is 10.9. The van der Waals surface area contributed by atoms with E-state index in [9.17, 15) is 4.79 Å². The Morgan fingerprint density at radius 2 is 1.55 bits per heavy atom. The molecule has 0 radical (unpaired) electrons. The molecule has 0 amide bonds. The van der Waals surface area contributed by atoms with Crippen molar-refractivity contribution in [1.82, 2.24) is 9.36 Å². The second kappa shape index (κ2) is 9.52. The normalized spacial score (nSPS) is 12.3. The van der Waals surface area contributed by atoms with Crippen LogP contribution >= 0.6 is 0 Å². The molecule has 0 N–H and O–H groups in total. The molecule has 31 heavy (non-hydrogen) atoms. The van der Waals surface area contributed by atoms with Gasteiger partial charge in [0.05, 0.1) is 11.4 Å². The van der Waals surface area contributed by atoms with Gasteiger partial charge in [-0.2, -0.15) is 0 Å². The van der Waals surface area contributed by atoms with Gasteiger partial charge in [-0.3, -0.25) is 9.48 Å². The first-order valence-corrected chi connectivity index (χ1v) is 13.6. The summed E-state index contributed by atoms with van der Waals surface area (Å²) in [6, 6.07) is 20.9. The fourth-order valence-electron chi connectivity index (χ4n) is 3.97. The monoisotopic (exact) mass is 435 g/mol. The lowest BCUT2D eigenvalue weighted by Crippen LogP contribution is -2.39. The molecular formula is C25H33N3O2Si. The molecule has 0 aliphatic carbocycles. The Labute approximate surface area is 186 Å². The van der Waals surface area contributed by atoms with Crippen LogP contribution in [0.15, 0.2) is 64.4 Å². The van der Waals surface area contributed by atoms with Gasteiger partial charge in [0, 0.05) is 18.3 Å². The van der Waals surface area contributed by atoms with E-state index in [4.69, 9.17) is 9.42 Å². The zero-order valence-corrected chi connectivity index (χ0v) is 20.5. The van der Waals surface area contributed by atoms with E-state index in [-0.39, 0.29) is 5.56 Å². The van der Waals surface area contributed by atoms with Gasteiger partial charge in [0.1, 0.15) is 5.75 Å². The second-order valence-electron chi connectivity index (χ2n) is 7.95.